The number of carbonyl (C=O) groups excluding carboxylic acids is 1. The molecule has 1 saturated heterocycles. The number of halogens is 1. The normalized spacial score (nSPS) is 13.5. The molecule has 3 aromatic carbocycles. The Labute approximate surface area is 278 Å². The van der Waals surface area contributed by atoms with E-state index < -0.39 is 32.7 Å². The third-order valence-corrected chi connectivity index (χ3v) is 9.92. The van der Waals surface area contributed by atoms with E-state index in [-0.39, 0.29) is 32.2 Å². The number of rotatable bonds is 10. The molecule has 0 unspecified atom stereocenters. The van der Waals surface area contributed by atoms with Crippen molar-refractivity contribution < 1.29 is 31.9 Å². The van der Waals surface area contributed by atoms with Gasteiger partial charge in [-0.25, -0.2) is 22.8 Å². The molecular weight excluding hydrogens is 662 g/mol. The third kappa shape index (κ3) is 7.06. The molecule has 1 aliphatic heterocycles. The summed E-state index contributed by atoms with van der Waals surface area (Å²) in [5, 5.41) is 28.3. The van der Waals surface area contributed by atoms with Crippen LogP contribution >= 0.6 is 11.8 Å². The molecule has 0 bridgehead atoms. The highest BCUT2D eigenvalue weighted by molar-refractivity contribution is 7.99. The lowest BCUT2D eigenvalue weighted by atomic mass is 10.0. The van der Waals surface area contributed by atoms with Gasteiger partial charge in [-0.15, -0.1) is 0 Å². The Balaban J connectivity index is 1.21. The first kappa shape index (κ1) is 32.4. The summed E-state index contributed by atoms with van der Waals surface area (Å²) in [5.74, 6) is -1.01. The van der Waals surface area contributed by atoms with Crippen molar-refractivity contribution in [1.29, 1.82) is 5.26 Å². The lowest BCUT2D eigenvalue weighted by molar-refractivity contribution is -0.832. The maximum Gasteiger partial charge on any atom is 0.415 e. The van der Waals surface area contributed by atoms with Crippen molar-refractivity contribution >= 4 is 39.0 Å². The highest BCUT2D eigenvalue weighted by atomic mass is 32.2. The van der Waals surface area contributed by atoms with Crippen molar-refractivity contribution in [2.45, 2.75) is 34.0 Å². The number of anilines is 2. The van der Waals surface area contributed by atoms with Gasteiger partial charge in [0.1, 0.15) is 23.6 Å². The Bertz CT molecular complexity index is 2090. The maximum atomic E-state index is 13.6. The number of nitrogens with one attached hydrogen (secondary N) is 1. The molecule has 13 nitrogen and oxygen atoms in total. The maximum absolute atomic E-state index is 13.6. The zero-order chi connectivity index (χ0) is 33.7. The average molecular weight is 688 g/mol. The zero-order valence-electron chi connectivity index (χ0n) is 25.0. The minimum atomic E-state index is -4.28. The average Bonchev–Trinajstić information content (AvgIpc) is 3.48. The number of piperidine rings is 1. The topological polar surface area (TPSA) is 178 Å². The number of hydrogen-bond acceptors (Lipinski definition) is 12. The van der Waals surface area contributed by atoms with Gasteiger partial charge in [0.15, 0.2) is 11.0 Å². The number of thioether (sulfide) groups is 1. The summed E-state index contributed by atoms with van der Waals surface area (Å²) in [6.45, 7) is 0.704. The summed E-state index contributed by atoms with van der Waals surface area (Å²) in [6, 6.07) is 24.3. The number of aromatic nitrogens is 4. The van der Waals surface area contributed by atoms with Gasteiger partial charge >= 0.3 is 10.9 Å². The van der Waals surface area contributed by atoms with Crippen molar-refractivity contribution in [2.75, 3.05) is 29.1 Å². The van der Waals surface area contributed by atoms with E-state index in [1.807, 2.05) is 35.2 Å². The predicted octanol–water partition coefficient (Wildman–Crippen LogP) is 4.39. The van der Waals surface area contributed by atoms with E-state index in [1.54, 1.807) is 12.1 Å². The highest BCUT2D eigenvalue weighted by Crippen LogP contribution is 2.33. The zero-order valence-corrected chi connectivity index (χ0v) is 26.7. The summed E-state index contributed by atoms with van der Waals surface area (Å²) < 4.78 is 50.4. The molecule has 244 valence electrons. The lowest BCUT2D eigenvalue weighted by Crippen LogP contribution is -2.39. The molecule has 5 aromatic rings. The molecule has 2 aromatic heterocycles. The van der Waals surface area contributed by atoms with Gasteiger partial charge in [0.2, 0.25) is 5.91 Å². The van der Waals surface area contributed by atoms with Gasteiger partial charge < -0.3 is 20.2 Å². The van der Waals surface area contributed by atoms with Crippen LogP contribution in [0.15, 0.2) is 105 Å². The lowest BCUT2D eigenvalue weighted by Gasteiger charge is -2.32. The van der Waals surface area contributed by atoms with E-state index in [4.69, 9.17) is 4.74 Å². The molecule has 1 fully saturated rings. The van der Waals surface area contributed by atoms with Crippen molar-refractivity contribution in [3.05, 3.63) is 102 Å². The largest absolute Gasteiger partial charge is 0.451 e. The number of nitrogens with zero attached hydrogens (tertiary/aromatic N) is 6. The molecule has 1 N–H and O–H groups in total. The van der Waals surface area contributed by atoms with E-state index in [1.165, 1.54) is 42.5 Å². The standard InChI is InChI=1S/C32H26FN7O6S2/c33-22-10-7-11-23(18-22)35-27(41)20-47-32-36-28(21-8-3-1-4-9-21)26(19-34)29(37-32)39-16-14-24(15-17-39)45-30-31(40(42)46-38-30)48(43,44)25-12-5-2-6-13-25/h1-13,18,24H,14-17,20H2,(H,35,41). The van der Waals surface area contributed by atoms with Gasteiger partial charge in [0.05, 0.1) is 21.5 Å². The Morgan fingerprint density at radius 2 is 1.79 bits per heavy atom. The Morgan fingerprint density at radius 3 is 2.48 bits per heavy atom. The van der Waals surface area contributed by atoms with Crippen LogP contribution in [0.2, 0.25) is 0 Å². The molecule has 0 saturated carbocycles. The molecule has 0 spiro atoms. The predicted molar refractivity (Wildman–Crippen MR) is 171 cm³/mol. The monoisotopic (exact) mass is 687 g/mol. The second kappa shape index (κ2) is 14.1. The van der Waals surface area contributed by atoms with E-state index in [2.05, 4.69) is 31.1 Å². The van der Waals surface area contributed by atoms with Crippen LogP contribution in [0.4, 0.5) is 15.9 Å². The van der Waals surface area contributed by atoms with Crippen LogP contribution in [-0.4, -0.2) is 54.4 Å². The van der Waals surface area contributed by atoms with Crippen LogP contribution in [0.25, 0.3) is 11.3 Å². The fraction of sp³-hybridized carbons (Fsp3) is 0.188. The van der Waals surface area contributed by atoms with E-state index in [9.17, 15) is 28.1 Å². The molecule has 1 amide bonds. The molecule has 1 aliphatic rings. The van der Waals surface area contributed by atoms with Crippen molar-refractivity contribution in [3.8, 4) is 23.2 Å². The van der Waals surface area contributed by atoms with Gasteiger partial charge in [-0.1, -0.05) is 66.4 Å². The molecule has 0 atom stereocenters. The number of amides is 1. The van der Waals surface area contributed by atoms with Crippen LogP contribution in [0.3, 0.4) is 0 Å². The quantitative estimate of drug-likeness (QED) is 0.125. The number of sulfone groups is 1. The molecular formula is C32H26FN7O6S2. The van der Waals surface area contributed by atoms with Gasteiger partial charge in [-0.05, 0) is 35.2 Å². The number of ether oxygens (including phenoxy) is 1. The summed E-state index contributed by atoms with van der Waals surface area (Å²) >= 11 is 1.07. The first-order chi connectivity index (χ1) is 23.2. The molecule has 0 radical (unpaired) electrons. The second-order valence-corrected chi connectivity index (χ2v) is 13.3. The van der Waals surface area contributed by atoms with Crippen molar-refractivity contribution in [2.24, 2.45) is 0 Å². The van der Waals surface area contributed by atoms with Crippen LogP contribution < -0.4 is 19.9 Å². The molecule has 0 aliphatic carbocycles. The molecule has 6 rings (SSSR count). The summed E-state index contributed by atoms with van der Waals surface area (Å²) in [4.78, 5) is 23.5. The molecule has 3 heterocycles. The molecule has 16 heteroatoms. The summed E-state index contributed by atoms with van der Waals surface area (Å²) in [7, 11) is -4.28. The fourth-order valence-corrected chi connectivity index (χ4v) is 7.01. The SMILES string of the molecule is N#Cc1c(-c2ccccc2)nc(SCC(=O)Nc2cccc(F)c2)nc1N1CCC(Oc2no[n+]([O-])c2S(=O)(=O)c2ccccc2)CC1. The van der Waals surface area contributed by atoms with Crippen LogP contribution in [-0.2, 0) is 14.6 Å². The number of hydrogen-bond donors (Lipinski definition) is 1. The van der Waals surface area contributed by atoms with Crippen LogP contribution in [0.5, 0.6) is 5.88 Å². The van der Waals surface area contributed by atoms with E-state index >= 15 is 0 Å². The number of benzene rings is 3. The summed E-state index contributed by atoms with van der Waals surface area (Å²) in [6.07, 6.45) is 0.201. The fourth-order valence-electron chi connectivity index (χ4n) is 5.09. The van der Waals surface area contributed by atoms with Gasteiger partial charge in [0, 0.05) is 37.2 Å². The Kier molecular flexibility index (Phi) is 9.50. The van der Waals surface area contributed by atoms with Gasteiger partial charge in [-0.3, -0.25) is 9.42 Å². The minimum Gasteiger partial charge on any atom is -0.451 e. The van der Waals surface area contributed by atoms with Crippen LogP contribution in [0.1, 0.15) is 18.4 Å². The summed E-state index contributed by atoms with van der Waals surface area (Å²) in [5.41, 5.74) is 1.64. The third-order valence-electron chi connectivity index (χ3n) is 7.34. The minimum absolute atomic E-state index is 0.0718. The molecule has 48 heavy (non-hydrogen) atoms. The van der Waals surface area contributed by atoms with Crippen molar-refractivity contribution in [1.82, 2.24) is 15.1 Å². The highest BCUT2D eigenvalue weighted by Gasteiger charge is 2.38. The van der Waals surface area contributed by atoms with Gasteiger partial charge in [-0.2, -0.15) is 5.26 Å². The number of carbonyl (C=O) groups is 1. The Hall–Kier alpha value is -5.53. The number of nitriles is 1. The van der Waals surface area contributed by atoms with Crippen molar-refractivity contribution in [3.63, 3.8) is 0 Å². The first-order valence-corrected chi connectivity index (χ1v) is 17.1. The second-order valence-electron chi connectivity index (χ2n) is 10.5. The van der Waals surface area contributed by atoms with Gasteiger partial charge in [0.25, 0.3) is 9.84 Å². The Morgan fingerprint density at radius 1 is 1.08 bits per heavy atom. The van der Waals surface area contributed by atoms with E-state index in [0.717, 1.165) is 11.8 Å². The smallest absolute Gasteiger partial charge is 0.415 e. The van der Waals surface area contributed by atoms with E-state index in [0.29, 0.717) is 48.7 Å². The van der Waals surface area contributed by atoms with Crippen LogP contribution in [0, 0.1) is 22.4 Å². The first-order valence-electron chi connectivity index (χ1n) is 14.6.